The summed E-state index contributed by atoms with van der Waals surface area (Å²) in [6.07, 6.45) is 4.77. The fraction of sp³-hybridized carbons (Fsp3) is 0.588. The number of nitrogens with zero attached hydrogens (tertiary/aromatic N) is 1. The van der Waals surface area contributed by atoms with E-state index in [1.54, 1.807) is 4.90 Å². The van der Waals surface area contributed by atoms with Crippen molar-refractivity contribution in [1.82, 2.24) is 10.2 Å². The maximum absolute atomic E-state index is 12.3. The first kappa shape index (κ1) is 16.3. The van der Waals surface area contributed by atoms with Gasteiger partial charge in [0, 0.05) is 13.1 Å². The Hall–Kier alpha value is -1.56. The standard InChI is InChI=1S/C17H24N2O3S/c1-13(15-7-6-14-4-2-3-5-16(14)12-15)18-17(20)19-8-10-23(21,22)11-9-19/h6-7,12-13H,2-5,8-11H2,1H3,(H,18,20)/t13-/m0/s1. The Kier molecular flexibility index (Phi) is 4.62. The van der Waals surface area contributed by atoms with E-state index in [4.69, 9.17) is 0 Å². The number of hydrogen-bond acceptors (Lipinski definition) is 3. The van der Waals surface area contributed by atoms with E-state index in [2.05, 4.69) is 23.5 Å². The Morgan fingerprint density at radius 1 is 1.13 bits per heavy atom. The fourth-order valence-electron chi connectivity index (χ4n) is 3.30. The van der Waals surface area contributed by atoms with Crippen molar-refractivity contribution in [3.63, 3.8) is 0 Å². The first-order valence-corrected chi connectivity index (χ1v) is 10.1. The number of urea groups is 1. The van der Waals surface area contributed by atoms with Gasteiger partial charge >= 0.3 is 6.03 Å². The molecule has 0 saturated carbocycles. The third-order valence-electron chi connectivity index (χ3n) is 4.84. The van der Waals surface area contributed by atoms with Crippen molar-refractivity contribution in [3.8, 4) is 0 Å². The predicted octanol–water partition coefficient (Wildman–Crippen LogP) is 2.07. The van der Waals surface area contributed by atoms with Crippen LogP contribution in [-0.2, 0) is 22.7 Å². The molecule has 2 aliphatic rings. The van der Waals surface area contributed by atoms with E-state index < -0.39 is 9.84 Å². The average molecular weight is 336 g/mol. The SMILES string of the molecule is C[C@H](NC(=O)N1CCS(=O)(=O)CC1)c1ccc2c(c1)CCCC2. The lowest BCUT2D eigenvalue weighted by Gasteiger charge is -2.28. The van der Waals surface area contributed by atoms with Crippen LogP contribution < -0.4 is 5.32 Å². The van der Waals surface area contributed by atoms with Crippen molar-refractivity contribution in [2.24, 2.45) is 0 Å². The van der Waals surface area contributed by atoms with E-state index in [1.165, 1.54) is 24.0 Å². The van der Waals surface area contributed by atoms with Crippen LogP contribution in [0.2, 0.25) is 0 Å². The van der Waals surface area contributed by atoms with Crippen LogP contribution in [0.1, 0.15) is 42.5 Å². The summed E-state index contributed by atoms with van der Waals surface area (Å²) in [6, 6.07) is 6.23. The van der Waals surface area contributed by atoms with Crippen LogP contribution in [0.25, 0.3) is 0 Å². The Morgan fingerprint density at radius 2 is 1.78 bits per heavy atom. The maximum atomic E-state index is 12.3. The molecule has 1 saturated heterocycles. The molecular formula is C17H24N2O3S. The highest BCUT2D eigenvalue weighted by molar-refractivity contribution is 7.91. The lowest BCUT2D eigenvalue weighted by Crippen LogP contribution is -2.48. The number of fused-ring (bicyclic) bond motifs is 1. The zero-order valence-corrected chi connectivity index (χ0v) is 14.4. The van der Waals surface area contributed by atoms with Crippen LogP contribution in [0.4, 0.5) is 4.79 Å². The molecule has 1 aromatic carbocycles. The summed E-state index contributed by atoms with van der Waals surface area (Å²) in [6.45, 7) is 2.54. The number of hydrogen-bond donors (Lipinski definition) is 1. The molecule has 0 aromatic heterocycles. The van der Waals surface area contributed by atoms with Crippen molar-refractivity contribution in [2.45, 2.75) is 38.6 Å². The molecule has 1 aromatic rings. The second kappa shape index (κ2) is 6.51. The van der Waals surface area contributed by atoms with Crippen LogP contribution >= 0.6 is 0 Å². The Labute approximate surface area is 138 Å². The summed E-state index contributed by atoms with van der Waals surface area (Å²) in [5, 5.41) is 2.99. The van der Waals surface area contributed by atoms with Crippen LogP contribution in [0.15, 0.2) is 18.2 Å². The molecule has 126 valence electrons. The van der Waals surface area contributed by atoms with Crippen molar-refractivity contribution >= 4 is 15.9 Å². The number of amides is 2. The van der Waals surface area contributed by atoms with E-state index in [0.29, 0.717) is 0 Å². The minimum absolute atomic E-state index is 0.0631. The molecule has 0 radical (unpaired) electrons. The quantitative estimate of drug-likeness (QED) is 0.899. The summed E-state index contributed by atoms with van der Waals surface area (Å²) in [4.78, 5) is 13.9. The highest BCUT2D eigenvalue weighted by Crippen LogP contribution is 2.24. The fourth-order valence-corrected chi connectivity index (χ4v) is 4.50. The smallest absolute Gasteiger partial charge is 0.317 e. The van der Waals surface area contributed by atoms with E-state index in [9.17, 15) is 13.2 Å². The molecule has 2 amide bonds. The highest BCUT2D eigenvalue weighted by Gasteiger charge is 2.26. The highest BCUT2D eigenvalue weighted by atomic mass is 32.2. The van der Waals surface area contributed by atoms with Gasteiger partial charge in [0.05, 0.1) is 17.5 Å². The van der Waals surface area contributed by atoms with Gasteiger partial charge in [0.1, 0.15) is 0 Å². The molecular weight excluding hydrogens is 312 g/mol. The Bertz CT molecular complexity index is 686. The zero-order chi connectivity index (χ0) is 16.4. The molecule has 1 aliphatic heterocycles. The molecule has 5 nitrogen and oxygen atoms in total. The Balaban J connectivity index is 1.62. The number of rotatable bonds is 2. The van der Waals surface area contributed by atoms with Gasteiger partial charge in [-0.05, 0) is 49.3 Å². The number of sulfone groups is 1. The molecule has 0 unspecified atom stereocenters. The summed E-state index contributed by atoms with van der Waals surface area (Å²) in [5.41, 5.74) is 3.95. The van der Waals surface area contributed by atoms with Crippen LogP contribution in [-0.4, -0.2) is 43.9 Å². The number of benzene rings is 1. The molecule has 1 aliphatic carbocycles. The minimum atomic E-state index is -2.96. The summed E-state index contributed by atoms with van der Waals surface area (Å²) < 4.78 is 22.9. The predicted molar refractivity (Wildman–Crippen MR) is 90.3 cm³/mol. The first-order chi connectivity index (χ1) is 10.9. The molecule has 0 spiro atoms. The molecule has 1 N–H and O–H groups in total. The van der Waals surface area contributed by atoms with Gasteiger partial charge in [0.15, 0.2) is 9.84 Å². The van der Waals surface area contributed by atoms with Gasteiger partial charge in [-0.3, -0.25) is 0 Å². The van der Waals surface area contributed by atoms with E-state index in [1.807, 2.05) is 6.92 Å². The van der Waals surface area contributed by atoms with Crippen molar-refractivity contribution < 1.29 is 13.2 Å². The third-order valence-corrected chi connectivity index (χ3v) is 6.45. The third kappa shape index (κ3) is 3.86. The van der Waals surface area contributed by atoms with Gasteiger partial charge in [-0.25, -0.2) is 13.2 Å². The number of nitrogens with one attached hydrogen (secondary N) is 1. The first-order valence-electron chi connectivity index (χ1n) is 8.32. The molecule has 3 rings (SSSR count). The Morgan fingerprint density at radius 3 is 2.48 bits per heavy atom. The van der Waals surface area contributed by atoms with Crippen molar-refractivity contribution in [1.29, 1.82) is 0 Å². The summed E-state index contributed by atoms with van der Waals surface area (Å²) >= 11 is 0. The average Bonchev–Trinajstić information content (AvgIpc) is 2.54. The van der Waals surface area contributed by atoms with Gasteiger partial charge in [-0.2, -0.15) is 0 Å². The zero-order valence-electron chi connectivity index (χ0n) is 13.5. The van der Waals surface area contributed by atoms with Gasteiger partial charge in [-0.15, -0.1) is 0 Å². The minimum Gasteiger partial charge on any atom is -0.331 e. The number of carbonyl (C=O) groups is 1. The van der Waals surface area contributed by atoms with E-state index in [0.717, 1.165) is 18.4 Å². The maximum Gasteiger partial charge on any atom is 0.317 e. The lowest BCUT2D eigenvalue weighted by atomic mass is 9.89. The van der Waals surface area contributed by atoms with Gasteiger partial charge in [-0.1, -0.05) is 18.2 Å². The normalized spacial score (nSPS) is 21.3. The molecule has 1 heterocycles. The van der Waals surface area contributed by atoms with Crippen LogP contribution in [0, 0.1) is 0 Å². The molecule has 1 atom stereocenters. The van der Waals surface area contributed by atoms with Crippen LogP contribution in [0.3, 0.4) is 0 Å². The second-order valence-corrected chi connectivity index (χ2v) is 8.85. The summed E-state index contributed by atoms with van der Waals surface area (Å²) in [5.74, 6) is 0.126. The molecule has 23 heavy (non-hydrogen) atoms. The van der Waals surface area contributed by atoms with Gasteiger partial charge in [0.2, 0.25) is 0 Å². The molecule has 1 fully saturated rings. The van der Waals surface area contributed by atoms with Crippen molar-refractivity contribution in [2.75, 3.05) is 24.6 Å². The number of carbonyl (C=O) groups excluding carboxylic acids is 1. The van der Waals surface area contributed by atoms with Gasteiger partial charge in [0.25, 0.3) is 0 Å². The number of aryl methyl sites for hydroxylation is 2. The van der Waals surface area contributed by atoms with Crippen molar-refractivity contribution in [3.05, 3.63) is 34.9 Å². The van der Waals surface area contributed by atoms with E-state index >= 15 is 0 Å². The summed E-state index contributed by atoms with van der Waals surface area (Å²) in [7, 11) is -2.96. The molecule has 6 heteroatoms. The largest absolute Gasteiger partial charge is 0.331 e. The second-order valence-electron chi connectivity index (χ2n) is 6.55. The lowest BCUT2D eigenvalue weighted by molar-refractivity contribution is 0.199. The van der Waals surface area contributed by atoms with Gasteiger partial charge < -0.3 is 10.2 Å². The van der Waals surface area contributed by atoms with E-state index in [-0.39, 0.29) is 36.7 Å². The monoisotopic (exact) mass is 336 g/mol. The van der Waals surface area contributed by atoms with Crippen LogP contribution in [0.5, 0.6) is 0 Å². The topological polar surface area (TPSA) is 66.5 Å². The molecule has 0 bridgehead atoms.